The van der Waals surface area contributed by atoms with E-state index in [4.69, 9.17) is 5.73 Å². The van der Waals surface area contributed by atoms with Crippen LogP contribution in [0.2, 0.25) is 0 Å². The fraction of sp³-hybridized carbons (Fsp3) is 0.312. The molecule has 2 aromatic carbocycles. The number of hydrogen-bond acceptors (Lipinski definition) is 2. The molecule has 20 heavy (non-hydrogen) atoms. The molecule has 0 saturated carbocycles. The van der Waals surface area contributed by atoms with Gasteiger partial charge in [-0.1, -0.05) is 50.2 Å². The van der Waals surface area contributed by atoms with Crippen LogP contribution in [0.15, 0.2) is 42.5 Å². The lowest BCUT2D eigenvalue weighted by Gasteiger charge is -2.16. The summed E-state index contributed by atoms with van der Waals surface area (Å²) in [6.45, 7) is 4.54. The fourth-order valence-electron chi connectivity index (χ4n) is 1.95. The van der Waals surface area contributed by atoms with E-state index < -0.39 is 0 Å². The second kappa shape index (κ2) is 6.39. The molecule has 0 spiro atoms. The molecule has 0 aliphatic rings. The molecule has 1 unspecified atom stereocenters. The molecule has 106 valence electrons. The minimum Gasteiger partial charge on any atom is -0.336 e. The smallest absolute Gasteiger partial charge is 0.319 e. The zero-order chi connectivity index (χ0) is 14.5. The van der Waals surface area contributed by atoms with E-state index in [0.717, 1.165) is 16.5 Å². The topological polar surface area (TPSA) is 67.1 Å². The third kappa shape index (κ3) is 3.48. The van der Waals surface area contributed by atoms with Gasteiger partial charge in [-0.05, 0) is 17.4 Å². The summed E-state index contributed by atoms with van der Waals surface area (Å²) in [4.78, 5) is 11.9. The van der Waals surface area contributed by atoms with Crippen LogP contribution in [-0.4, -0.2) is 18.6 Å². The van der Waals surface area contributed by atoms with E-state index in [0.29, 0.717) is 12.5 Å². The highest BCUT2D eigenvalue weighted by Crippen LogP contribution is 2.22. The Morgan fingerprint density at radius 2 is 1.85 bits per heavy atom. The fourth-order valence-corrected chi connectivity index (χ4v) is 1.95. The average molecular weight is 271 g/mol. The first-order valence-electron chi connectivity index (χ1n) is 6.86. The van der Waals surface area contributed by atoms with Crippen LogP contribution < -0.4 is 16.4 Å². The Morgan fingerprint density at radius 1 is 1.15 bits per heavy atom. The normalized spacial score (nSPS) is 12.4. The summed E-state index contributed by atoms with van der Waals surface area (Å²) in [5.74, 6) is 0.341. The van der Waals surface area contributed by atoms with Crippen molar-refractivity contribution < 1.29 is 4.79 Å². The molecule has 0 heterocycles. The minimum absolute atomic E-state index is 0.0340. The highest BCUT2D eigenvalue weighted by atomic mass is 16.2. The number of hydrogen-bond donors (Lipinski definition) is 3. The van der Waals surface area contributed by atoms with Gasteiger partial charge in [0.1, 0.15) is 0 Å². The first kappa shape index (κ1) is 14.3. The van der Waals surface area contributed by atoms with E-state index in [-0.39, 0.29) is 12.1 Å². The van der Waals surface area contributed by atoms with Crippen molar-refractivity contribution in [3.05, 3.63) is 42.5 Å². The second-order valence-electron chi connectivity index (χ2n) is 5.27. The maximum absolute atomic E-state index is 11.9. The predicted molar refractivity (Wildman–Crippen MR) is 83.8 cm³/mol. The molecule has 2 amide bonds. The number of rotatable bonds is 4. The largest absolute Gasteiger partial charge is 0.336 e. The summed E-state index contributed by atoms with van der Waals surface area (Å²) in [6.07, 6.45) is 0. The quantitative estimate of drug-likeness (QED) is 0.800. The van der Waals surface area contributed by atoms with Crippen molar-refractivity contribution in [1.29, 1.82) is 0 Å². The molecule has 0 aliphatic carbocycles. The number of anilines is 1. The SMILES string of the molecule is CC(C)C(N)CNC(=O)Nc1cccc2ccccc12. The molecule has 4 N–H and O–H groups in total. The molecule has 0 saturated heterocycles. The number of nitrogens with one attached hydrogen (secondary N) is 2. The van der Waals surface area contributed by atoms with Gasteiger partial charge in [0.2, 0.25) is 0 Å². The second-order valence-corrected chi connectivity index (χ2v) is 5.27. The molecule has 0 bridgehead atoms. The van der Waals surface area contributed by atoms with Crippen LogP contribution in [0.4, 0.5) is 10.5 Å². The molecular weight excluding hydrogens is 250 g/mol. The molecule has 0 aliphatic heterocycles. The van der Waals surface area contributed by atoms with Crippen LogP contribution in [0.1, 0.15) is 13.8 Å². The molecule has 2 aromatic rings. The van der Waals surface area contributed by atoms with Gasteiger partial charge >= 0.3 is 6.03 Å². The summed E-state index contributed by atoms with van der Waals surface area (Å²) in [7, 11) is 0. The molecule has 0 fully saturated rings. The van der Waals surface area contributed by atoms with Gasteiger partial charge in [-0.2, -0.15) is 0 Å². The maximum atomic E-state index is 11.9. The zero-order valence-corrected chi connectivity index (χ0v) is 11.9. The lowest BCUT2D eigenvalue weighted by molar-refractivity contribution is 0.250. The lowest BCUT2D eigenvalue weighted by Crippen LogP contribution is -2.42. The van der Waals surface area contributed by atoms with Gasteiger partial charge < -0.3 is 16.4 Å². The van der Waals surface area contributed by atoms with Crippen molar-refractivity contribution in [2.75, 3.05) is 11.9 Å². The van der Waals surface area contributed by atoms with Crippen molar-refractivity contribution in [3.63, 3.8) is 0 Å². The number of nitrogens with two attached hydrogens (primary N) is 1. The van der Waals surface area contributed by atoms with Gasteiger partial charge in [0, 0.05) is 18.0 Å². The Balaban J connectivity index is 2.03. The van der Waals surface area contributed by atoms with Crippen LogP contribution in [0, 0.1) is 5.92 Å². The van der Waals surface area contributed by atoms with Gasteiger partial charge in [-0.15, -0.1) is 0 Å². The summed E-state index contributed by atoms with van der Waals surface area (Å²) >= 11 is 0. The molecular formula is C16H21N3O. The van der Waals surface area contributed by atoms with Gasteiger partial charge in [0.15, 0.2) is 0 Å². The monoisotopic (exact) mass is 271 g/mol. The Kier molecular flexibility index (Phi) is 4.58. The average Bonchev–Trinajstić information content (AvgIpc) is 2.45. The highest BCUT2D eigenvalue weighted by Gasteiger charge is 2.10. The number of carbonyl (C=O) groups is 1. The van der Waals surface area contributed by atoms with E-state index in [9.17, 15) is 4.79 Å². The number of fused-ring (bicyclic) bond motifs is 1. The lowest BCUT2D eigenvalue weighted by atomic mass is 10.1. The maximum Gasteiger partial charge on any atom is 0.319 e. The Labute approximate surface area is 119 Å². The first-order chi connectivity index (χ1) is 9.58. The molecule has 0 aromatic heterocycles. The summed E-state index contributed by atoms with van der Waals surface area (Å²) in [5.41, 5.74) is 6.71. The summed E-state index contributed by atoms with van der Waals surface area (Å²) < 4.78 is 0. The standard InChI is InChI=1S/C16H21N3O/c1-11(2)14(17)10-18-16(20)19-15-9-5-7-12-6-3-4-8-13(12)15/h3-9,11,14H,10,17H2,1-2H3,(H2,18,19,20). The van der Waals surface area contributed by atoms with Crippen LogP contribution in [0.5, 0.6) is 0 Å². The number of urea groups is 1. The molecule has 4 heteroatoms. The van der Waals surface area contributed by atoms with Crippen LogP contribution >= 0.6 is 0 Å². The minimum atomic E-state index is -0.225. The van der Waals surface area contributed by atoms with E-state index in [1.807, 2.05) is 56.3 Å². The predicted octanol–water partition coefficient (Wildman–Crippen LogP) is 2.94. The van der Waals surface area contributed by atoms with Gasteiger partial charge in [-0.25, -0.2) is 4.79 Å². The van der Waals surface area contributed by atoms with Crippen LogP contribution in [-0.2, 0) is 0 Å². The van der Waals surface area contributed by atoms with E-state index in [2.05, 4.69) is 10.6 Å². The van der Waals surface area contributed by atoms with Gasteiger partial charge in [-0.3, -0.25) is 0 Å². The zero-order valence-electron chi connectivity index (χ0n) is 11.9. The highest BCUT2D eigenvalue weighted by molar-refractivity contribution is 6.01. The van der Waals surface area contributed by atoms with Gasteiger partial charge in [0.25, 0.3) is 0 Å². The van der Waals surface area contributed by atoms with Crippen LogP contribution in [0.3, 0.4) is 0 Å². The Morgan fingerprint density at radius 3 is 2.60 bits per heavy atom. The van der Waals surface area contributed by atoms with Crippen molar-refractivity contribution in [3.8, 4) is 0 Å². The van der Waals surface area contributed by atoms with Crippen molar-refractivity contribution in [2.24, 2.45) is 11.7 Å². The molecule has 0 radical (unpaired) electrons. The Hall–Kier alpha value is -2.07. The van der Waals surface area contributed by atoms with Crippen molar-refractivity contribution in [1.82, 2.24) is 5.32 Å². The third-order valence-electron chi connectivity index (χ3n) is 3.39. The first-order valence-corrected chi connectivity index (χ1v) is 6.86. The van der Waals surface area contributed by atoms with E-state index >= 15 is 0 Å². The van der Waals surface area contributed by atoms with E-state index in [1.54, 1.807) is 0 Å². The molecule has 2 rings (SSSR count). The summed E-state index contributed by atoms with van der Waals surface area (Å²) in [6, 6.07) is 13.5. The third-order valence-corrected chi connectivity index (χ3v) is 3.39. The van der Waals surface area contributed by atoms with Crippen LogP contribution in [0.25, 0.3) is 10.8 Å². The molecule has 4 nitrogen and oxygen atoms in total. The number of carbonyl (C=O) groups excluding carboxylic acids is 1. The van der Waals surface area contributed by atoms with Gasteiger partial charge in [0.05, 0.1) is 5.69 Å². The Bertz CT molecular complexity index is 590. The van der Waals surface area contributed by atoms with Crippen molar-refractivity contribution in [2.45, 2.75) is 19.9 Å². The number of benzene rings is 2. The molecule has 1 atom stereocenters. The summed E-state index contributed by atoms with van der Waals surface area (Å²) in [5, 5.41) is 7.80. The van der Waals surface area contributed by atoms with Crippen molar-refractivity contribution >= 4 is 22.5 Å². The van der Waals surface area contributed by atoms with E-state index in [1.165, 1.54) is 0 Å². The number of amides is 2.